The van der Waals surface area contributed by atoms with Crippen molar-refractivity contribution in [3.8, 4) is 17.5 Å². The van der Waals surface area contributed by atoms with Gasteiger partial charge in [-0.1, -0.05) is 6.07 Å². The lowest BCUT2D eigenvalue weighted by atomic mass is 10.1. The molecule has 5 heteroatoms. The zero-order chi connectivity index (χ0) is 18.7. The van der Waals surface area contributed by atoms with Gasteiger partial charge in [-0.25, -0.2) is 0 Å². The van der Waals surface area contributed by atoms with Gasteiger partial charge in [0.15, 0.2) is 0 Å². The van der Waals surface area contributed by atoms with Crippen molar-refractivity contribution in [1.29, 1.82) is 5.26 Å². The summed E-state index contributed by atoms with van der Waals surface area (Å²) in [6.45, 7) is 4.01. The first-order valence-electron chi connectivity index (χ1n) is 8.18. The number of aromatic nitrogens is 1. The molecular weight excluding hydrogens is 326 g/mol. The number of benzene rings is 2. The van der Waals surface area contributed by atoms with Crippen LogP contribution in [0.1, 0.15) is 27.2 Å². The minimum absolute atomic E-state index is 0.302. The van der Waals surface area contributed by atoms with E-state index in [4.69, 9.17) is 4.74 Å². The number of rotatable bonds is 4. The summed E-state index contributed by atoms with van der Waals surface area (Å²) in [5.74, 6) is 0.396. The van der Waals surface area contributed by atoms with E-state index < -0.39 is 0 Å². The second-order valence-corrected chi connectivity index (χ2v) is 6.01. The summed E-state index contributed by atoms with van der Waals surface area (Å²) >= 11 is 0. The highest BCUT2D eigenvalue weighted by molar-refractivity contribution is 6.05. The third-order valence-electron chi connectivity index (χ3n) is 4.34. The maximum Gasteiger partial charge on any atom is 0.274 e. The van der Waals surface area contributed by atoms with Crippen LogP contribution in [-0.2, 0) is 0 Å². The second kappa shape index (κ2) is 7.16. The van der Waals surface area contributed by atoms with Gasteiger partial charge < -0.3 is 14.6 Å². The van der Waals surface area contributed by atoms with Crippen LogP contribution in [0.5, 0.6) is 5.75 Å². The van der Waals surface area contributed by atoms with Gasteiger partial charge in [0, 0.05) is 17.6 Å². The van der Waals surface area contributed by atoms with Crippen molar-refractivity contribution in [2.24, 2.45) is 0 Å². The molecule has 3 aromatic rings. The number of ether oxygens (including phenoxy) is 1. The standard InChI is InChI=1S/C21H19N3O2/c1-14-4-5-17(12-15(14)2)23-21(25)20-16(13-22)10-11-24(20)18-6-8-19(26-3)9-7-18/h4-12H,1-3H3,(H,23,25). The molecule has 130 valence electrons. The Bertz CT molecular complexity index is 995. The molecule has 2 aromatic carbocycles. The Labute approximate surface area is 152 Å². The fourth-order valence-electron chi connectivity index (χ4n) is 2.72. The molecule has 0 saturated heterocycles. The second-order valence-electron chi connectivity index (χ2n) is 6.01. The molecule has 0 fully saturated rings. The number of methoxy groups -OCH3 is 1. The number of nitriles is 1. The number of carbonyl (C=O) groups excluding carboxylic acids is 1. The first-order valence-corrected chi connectivity index (χ1v) is 8.18. The number of nitrogens with zero attached hydrogens (tertiary/aromatic N) is 2. The van der Waals surface area contributed by atoms with Crippen molar-refractivity contribution in [3.05, 3.63) is 77.1 Å². The van der Waals surface area contributed by atoms with Crippen molar-refractivity contribution in [2.75, 3.05) is 12.4 Å². The van der Waals surface area contributed by atoms with Gasteiger partial charge in [-0.3, -0.25) is 4.79 Å². The average molecular weight is 345 g/mol. The monoisotopic (exact) mass is 345 g/mol. The number of aryl methyl sites for hydroxylation is 2. The highest BCUT2D eigenvalue weighted by atomic mass is 16.5. The summed E-state index contributed by atoms with van der Waals surface area (Å²) in [6, 6.07) is 16.8. The van der Waals surface area contributed by atoms with Crippen molar-refractivity contribution in [2.45, 2.75) is 13.8 Å². The van der Waals surface area contributed by atoms with E-state index in [2.05, 4.69) is 11.4 Å². The molecule has 0 aliphatic heterocycles. The summed E-state index contributed by atoms with van der Waals surface area (Å²) in [7, 11) is 1.60. The lowest BCUT2D eigenvalue weighted by Crippen LogP contribution is -2.17. The molecule has 0 atom stereocenters. The molecular formula is C21H19N3O2. The summed E-state index contributed by atoms with van der Waals surface area (Å²) < 4.78 is 6.87. The molecule has 0 bridgehead atoms. The Kier molecular flexibility index (Phi) is 4.76. The van der Waals surface area contributed by atoms with Gasteiger partial charge >= 0.3 is 0 Å². The molecule has 0 saturated carbocycles. The summed E-state index contributed by atoms with van der Waals surface area (Å²) in [5.41, 5.74) is 4.34. The molecule has 0 aliphatic carbocycles. The molecule has 0 spiro atoms. The maximum absolute atomic E-state index is 12.9. The highest BCUT2D eigenvalue weighted by Gasteiger charge is 2.18. The summed E-state index contributed by atoms with van der Waals surface area (Å²) in [6.07, 6.45) is 1.72. The summed E-state index contributed by atoms with van der Waals surface area (Å²) in [5, 5.41) is 12.3. The van der Waals surface area contributed by atoms with Crippen LogP contribution in [0, 0.1) is 25.2 Å². The van der Waals surface area contributed by atoms with Gasteiger partial charge in [-0.15, -0.1) is 0 Å². The smallest absolute Gasteiger partial charge is 0.274 e. The minimum atomic E-state index is -0.328. The number of amides is 1. The Morgan fingerprint density at radius 1 is 1.08 bits per heavy atom. The average Bonchev–Trinajstić information content (AvgIpc) is 3.09. The van der Waals surface area contributed by atoms with Crippen molar-refractivity contribution in [1.82, 2.24) is 4.57 Å². The zero-order valence-electron chi connectivity index (χ0n) is 14.9. The molecule has 1 heterocycles. The Hall–Kier alpha value is -3.52. The van der Waals surface area contributed by atoms with Gasteiger partial charge in [-0.05, 0) is 67.4 Å². The van der Waals surface area contributed by atoms with E-state index in [-0.39, 0.29) is 5.91 Å². The molecule has 1 amide bonds. The van der Waals surface area contributed by atoms with Crippen molar-refractivity contribution in [3.63, 3.8) is 0 Å². The molecule has 3 rings (SSSR count). The molecule has 1 N–H and O–H groups in total. The Morgan fingerprint density at radius 3 is 2.42 bits per heavy atom. The first-order chi connectivity index (χ1) is 12.5. The van der Waals surface area contributed by atoms with Gasteiger partial charge in [0.2, 0.25) is 0 Å². The lowest BCUT2D eigenvalue weighted by Gasteiger charge is -2.12. The fourth-order valence-corrected chi connectivity index (χ4v) is 2.72. The van der Waals surface area contributed by atoms with Crippen LogP contribution in [0.3, 0.4) is 0 Å². The van der Waals surface area contributed by atoms with Crippen LogP contribution in [0.15, 0.2) is 54.7 Å². The number of anilines is 1. The van der Waals surface area contributed by atoms with Crippen LogP contribution in [0.4, 0.5) is 5.69 Å². The molecule has 26 heavy (non-hydrogen) atoms. The van der Waals surface area contributed by atoms with Crippen molar-refractivity contribution >= 4 is 11.6 Å². The van der Waals surface area contributed by atoms with E-state index in [9.17, 15) is 10.1 Å². The third-order valence-corrected chi connectivity index (χ3v) is 4.34. The molecule has 5 nitrogen and oxygen atoms in total. The topological polar surface area (TPSA) is 67.0 Å². The quantitative estimate of drug-likeness (QED) is 0.769. The first kappa shape index (κ1) is 17.3. The Balaban J connectivity index is 1.97. The predicted octanol–water partition coefficient (Wildman–Crippen LogP) is 4.23. The van der Waals surface area contributed by atoms with Gasteiger partial charge in [0.1, 0.15) is 17.5 Å². The van der Waals surface area contributed by atoms with Crippen LogP contribution in [-0.4, -0.2) is 17.6 Å². The van der Waals surface area contributed by atoms with E-state index in [1.54, 1.807) is 23.9 Å². The minimum Gasteiger partial charge on any atom is -0.497 e. The van der Waals surface area contributed by atoms with Crippen molar-refractivity contribution < 1.29 is 9.53 Å². The number of carbonyl (C=O) groups is 1. The van der Waals surface area contributed by atoms with Gasteiger partial charge in [0.05, 0.1) is 12.7 Å². The summed E-state index contributed by atoms with van der Waals surface area (Å²) in [4.78, 5) is 12.9. The normalized spacial score (nSPS) is 10.2. The zero-order valence-corrected chi connectivity index (χ0v) is 14.9. The molecule has 0 unspecified atom stereocenters. The molecule has 0 radical (unpaired) electrons. The lowest BCUT2D eigenvalue weighted by molar-refractivity contribution is 0.102. The molecule has 0 aliphatic rings. The number of nitrogens with one attached hydrogen (secondary N) is 1. The fraction of sp³-hybridized carbons (Fsp3) is 0.143. The highest BCUT2D eigenvalue weighted by Crippen LogP contribution is 2.22. The van der Waals surface area contributed by atoms with E-state index in [1.807, 2.05) is 56.3 Å². The van der Waals surface area contributed by atoms with E-state index in [0.717, 1.165) is 22.6 Å². The SMILES string of the molecule is COc1ccc(-n2ccc(C#N)c2C(=O)Nc2ccc(C)c(C)c2)cc1. The van der Waals surface area contributed by atoms with E-state index in [1.165, 1.54) is 0 Å². The predicted molar refractivity (Wildman–Crippen MR) is 101 cm³/mol. The van der Waals surface area contributed by atoms with Gasteiger partial charge in [0.25, 0.3) is 5.91 Å². The largest absolute Gasteiger partial charge is 0.497 e. The van der Waals surface area contributed by atoms with Crippen LogP contribution >= 0.6 is 0 Å². The van der Waals surface area contributed by atoms with Crippen LogP contribution in [0.25, 0.3) is 5.69 Å². The van der Waals surface area contributed by atoms with E-state index >= 15 is 0 Å². The van der Waals surface area contributed by atoms with Crippen LogP contribution < -0.4 is 10.1 Å². The number of hydrogen-bond acceptors (Lipinski definition) is 3. The Morgan fingerprint density at radius 2 is 1.81 bits per heavy atom. The maximum atomic E-state index is 12.9. The van der Waals surface area contributed by atoms with Crippen LogP contribution in [0.2, 0.25) is 0 Å². The molecule has 1 aromatic heterocycles. The van der Waals surface area contributed by atoms with E-state index in [0.29, 0.717) is 16.9 Å². The third kappa shape index (κ3) is 3.31. The number of hydrogen-bond donors (Lipinski definition) is 1. The van der Waals surface area contributed by atoms with Gasteiger partial charge in [-0.2, -0.15) is 5.26 Å².